The van der Waals surface area contributed by atoms with Gasteiger partial charge in [-0.3, -0.25) is 14.6 Å². The fraction of sp³-hybridized carbons (Fsp3) is 0.292. The lowest BCUT2D eigenvalue weighted by atomic mass is 9.96. The molecule has 38 heavy (non-hydrogen) atoms. The number of aromatic nitrogens is 3. The van der Waals surface area contributed by atoms with Crippen molar-refractivity contribution in [2.24, 2.45) is 0 Å². The maximum Gasteiger partial charge on any atom is 0.418 e. The summed E-state index contributed by atoms with van der Waals surface area (Å²) in [5, 5.41) is 7.97. The van der Waals surface area contributed by atoms with Gasteiger partial charge in [0.05, 0.1) is 54.7 Å². The highest BCUT2D eigenvalue weighted by molar-refractivity contribution is 5.99. The van der Waals surface area contributed by atoms with Crippen LogP contribution in [0.15, 0.2) is 48.9 Å². The van der Waals surface area contributed by atoms with E-state index in [1.165, 1.54) is 37.8 Å². The summed E-state index contributed by atoms with van der Waals surface area (Å²) in [5.74, 6) is -2.07. The van der Waals surface area contributed by atoms with Gasteiger partial charge in [-0.15, -0.1) is 0 Å². The van der Waals surface area contributed by atoms with Crippen LogP contribution >= 0.6 is 0 Å². The molecule has 3 heterocycles. The van der Waals surface area contributed by atoms with Crippen molar-refractivity contribution >= 4 is 23.2 Å². The number of ether oxygens (including phenoxy) is 2. The van der Waals surface area contributed by atoms with Gasteiger partial charge in [0, 0.05) is 25.4 Å². The third-order valence-electron chi connectivity index (χ3n) is 5.70. The summed E-state index contributed by atoms with van der Waals surface area (Å²) in [5.41, 5.74) is -2.04. The SMILES string of the molecule is COc1ncc(C(=O)N[C@@]2(C(=O)NCc3ccc(Nc4ccc(F)cc4C(F)(F)F)cn3)CCOC2)cn1. The van der Waals surface area contributed by atoms with Crippen molar-refractivity contribution in [3.63, 3.8) is 0 Å². The van der Waals surface area contributed by atoms with Crippen molar-refractivity contribution in [2.45, 2.75) is 24.7 Å². The molecule has 4 rings (SSSR count). The Hall–Kier alpha value is -4.33. The summed E-state index contributed by atoms with van der Waals surface area (Å²) in [6, 6.07) is 5.37. The van der Waals surface area contributed by atoms with E-state index in [2.05, 4.69) is 30.9 Å². The number of amides is 2. The van der Waals surface area contributed by atoms with E-state index < -0.39 is 34.9 Å². The standard InChI is InChI=1S/C24H22F4N6O4/c1-37-22-31-9-14(10-32-22)20(35)34-23(6-7-38-13-23)21(36)30-11-16-3-4-17(12-29-16)33-19-5-2-15(25)8-18(19)24(26,27)28/h2-5,8-10,12,33H,6-7,11,13H2,1H3,(H,30,36)(H,34,35)/t23-/m0/s1. The zero-order valence-electron chi connectivity index (χ0n) is 19.9. The van der Waals surface area contributed by atoms with Crippen LogP contribution in [0.2, 0.25) is 0 Å². The van der Waals surface area contributed by atoms with E-state index in [-0.39, 0.29) is 49.1 Å². The Bertz CT molecular complexity index is 1300. The van der Waals surface area contributed by atoms with Crippen molar-refractivity contribution in [1.29, 1.82) is 0 Å². The molecule has 1 fully saturated rings. The van der Waals surface area contributed by atoms with Gasteiger partial charge in [-0.05, 0) is 30.3 Å². The van der Waals surface area contributed by atoms with Crippen LogP contribution in [0.3, 0.4) is 0 Å². The number of pyridine rings is 1. The zero-order valence-corrected chi connectivity index (χ0v) is 19.9. The highest BCUT2D eigenvalue weighted by Crippen LogP contribution is 2.36. The van der Waals surface area contributed by atoms with E-state index >= 15 is 0 Å². The number of anilines is 2. The fourth-order valence-electron chi connectivity index (χ4n) is 3.69. The van der Waals surface area contributed by atoms with Crippen molar-refractivity contribution < 1.29 is 36.6 Å². The maximum absolute atomic E-state index is 13.3. The first kappa shape index (κ1) is 26.7. The molecule has 1 saturated heterocycles. The van der Waals surface area contributed by atoms with Crippen LogP contribution in [0.25, 0.3) is 0 Å². The normalized spacial score (nSPS) is 17.1. The third kappa shape index (κ3) is 6.14. The van der Waals surface area contributed by atoms with Gasteiger partial charge in [-0.1, -0.05) is 0 Å². The number of halogens is 4. The van der Waals surface area contributed by atoms with E-state index in [0.717, 1.165) is 12.1 Å². The Labute approximate surface area is 213 Å². The molecule has 200 valence electrons. The predicted molar refractivity (Wildman–Crippen MR) is 125 cm³/mol. The number of nitrogens with one attached hydrogen (secondary N) is 3. The molecule has 0 saturated carbocycles. The van der Waals surface area contributed by atoms with Crippen LogP contribution < -0.4 is 20.7 Å². The Kier molecular flexibility index (Phi) is 7.71. The molecular weight excluding hydrogens is 512 g/mol. The van der Waals surface area contributed by atoms with Crippen molar-refractivity contribution in [1.82, 2.24) is 25.6 Å². The minimum atomic E-state index is -4.75. The third-order valence-corrected chi connectivity index (χ3v) is 5.70. The first-order valence-electron chi connectivity index (χ1n) is 11.2. The molecular formula is C24H22F4N6O4. The Balaban J connectivity index is 1.39. The minimum Gasteiger partial charge on any atom is -0.467 e. The summed E-state index contributed by atoms with van der Waals surface area (Å²) < 4.78 is 63.2. The Morgan fingerprint density at radius 1 is 1.11 bits per heavy atom. The maximum atomic E-state index is 13.3. The van der Waals surface area contributed by atoms with Gasteiger partial charge >= 0.3 is 12.2 Å². The summed E-state index contributed by atoms with van der Waals surface area (Å²) >= 11 is 0. The lowest BCUT2D eigenvalue weighted by Gasteiger charge is -2.27. The molecule has 3 aromatic rings. The quantitative estimate of drug-likeness (QED) is 0.377. The van der Waals surface area contributed by atoms with E-state index in [9.17, 15) is 27.2 Å². The van der Waals surface area contributed by atoms with Crippen LogP contribution in [-0.2, 0) is 22.3 Å². The molecule has 1 aliphatic rings. The molecule has 1 aliphatic heterocycles. The number of carbonyl (C=O) groups is 2. The molecule has 1 atom stereocenters. The average molecular weight is 534 g/mol. The molecule has 2 amide bonds. The van der Waals surface area contributed by atoms with Gasteiger partial charge in [-0.2, -0.15) is 13.2 Å². The second-order valence-electron chi connectivity index (χ2n) is 8.33. The molecule has 0 aliphatic carbocycles. The predicted octanol–water partition coefficient (Wildman–Crippen LogP) is 2.99. The lowest BCUT2D eigenvalue weighted by Crippen LogP contribution is -2.59. The van der Waals surface area contributed by atoms with Crippen molar-refractivity contribution in [3.05, 3.63) is 71.6 Å². The van der Waals surface area contributed by atoms with Gasteiger partial charge in [-0.25, -0.2) is 14.4 Å². The Morgan fingerprint density at radius 3 is 2.47 bits per heavy atom. The number of alkyl halides is 3. The highest BCUT2D eigenvalue weighted by Gasteiger charge is 2.44. The van der Waals surface area contributed by atoms with E-state index in [0.29, 0.717) is 11.8 Å². The van der Waals surface area contributed by atoms with E-state index in [1.54, 1.807) is 0 Å². The molecule has 0 radical (unpaired) electrons. The Morgan fingerprint density at radius 2 is 1.87 bits per heavy atom. The zero-order chi connectivity index (χ0) is 27.3. The number of methoxy groups -OCH3 is 1. The molecule has 2 aromatic heterocycles. The second-order valence-corrected chi connectivity index (χ2v) is 8.33. The van der Waals surface area contributed by atoms with Gasteiger partial charge in [0.2, 0.25) is 5.91 Å². The largest absolute Gasteiger partial charge is 0.467 e. The van der Waals surface area contributed by atoms with Crippen LogP contribution in [0, 0.1) is 5.82 Å². The number of hydrogen-bond acceptors (Lipinski definition) is 8. The first-order valence-corrected chi connectivity index (χ1v) is 11.2. The second kappa shape index (κ2) is 11.0. The monoisotopic (exact) mass is 534 g/mol. The van der Waals surface area contributed by atoms with Gasteiger partial charge in [0.1, 0.15) is 11.4 Å². The molecule has 3 N–H and O–H groups in total. The summed E-state index contributed by atoms with van der Waals surface area (Å²) in [6.45, 7) is 0.193. The smallest absolute Gasteiger partial charge is 0.418 e. The molecule has 1 aromatic carbocycles. The van der Waals surface area contributed by atoms with Gasteiger partial charge < -0.3 is 25.4 Å². The fourth-order valence-corrected chi connectivity index (χ4v) is 3.69. The van der Waals surface area contributed by atoms with Crippen LogP contribution in [0.4, 0.5) is 28.9 Å². The molecule has 10 nitrogen and oxygen atoms in total. The molecule has 14 heteroatoms. The number of nitrogens with zero attached hydrogens (tertiary/aromatic N) is 3. The summed E-state index contributed by atoms with van der Waals surface area (Å²) in [7, 11) is 1.39. The number of benzene rings is 1. The van der Waals surface area contributed by atoms with Gasteiger partial charge in [0.25, 0.3) is 5.91 Å². The summed E-state index contributed by atoms with van der Waals surface area (Å²) in [4.78, 5) is 37.6. The van der Waals surface area contributed by atoms with Crippen molar-refractivity contribution in [2.75, 3.05) is 25.6 Å². The molecule has 0 spiro atoms. The van der Waals surface area contributed by atoms with E-state index in [4.69, 9.17) is 9.47 Å². The van der Waals surface area contributed by atoms with Crippen LogP contribution in [0.1, 0.15) is 28.0 Å². The van der Waals surface area contributed by atoms with Crippen LogP contribution in [0.5, 0.6) is 6.01 Å². The molecule has 0 unspecified atom stereocenters. The first-order chi connectivity index (χ1) is 18.1. The minimum absolute atomic E-state index is 0.0211. The van der Waals surface area contributed by atoms with E-state index in [1.807, 2.05) is 0 Å². The van der Waals surface area contributed by atoms with Crippen LogP contribution in [-0.4, -0.2) is 52.6 Å². The molecule has 0 bridgehead atoms. The average Bonchev–Trinajstić information content (AvgIpc) is 3.38. The van der Waals surface area contributed by atoms with Crippen molar-refractivity contribution in [3.8, 4) is 6.01 Å². The highest BCUT2D eigenvalue weighted by atomic mass is 19.4. The topological polar surface area (TPSA) is 127 Å². The van der Waals surface area contributed by atoms with Gasteiger partial charge in [0.15, 0.2) is 0 Å². The number of rotatable bonds is 8. The number of carbonyl (C=O) groups excluding carboxylic acids is 2. The number of hydrogen-bond donors (Lipinski definition) is 3. The summed E-state index contributed by atoms with van der Waals surface area (Å²) in [6.07, 6.45) is -0.697. The lowest BCUT2D eigenvalue weighted by molar-refractivity contribution is -0.137.